The number of aliphatic hydroxyl groups excluding tert-OH is 1. The minimum atomic E-state index is -0.975. The van der Waals surface area contributed by atoms with Crippen LogP contribution < -0.4 is 9.64 Å². The lowest BCUT2D eigenvalue weighted by Gasteiger charge is -2.25. The average Bonchev–Trinajstić information content (AvgIpc) is 3.04. The van der Waals surface area contributed by atoms with Crippen LogP contribution in [0.4, 0.5) is 10.1 Å². The number of hydrogen-bond acceptors (Lipinski definition) is 4. The predicted molar refractivity (Wildman–Crippen MR) is 125 cm³/mol. The van der Waals surface area contributed by atoms with Crippen LogP contribution >= 0.6 is 11.6 Å². The molecule has 0 spiro atoms. The standard InChI is InChI=1S/C26H21ClFNO4/c1-14-4-10-18(11-5-14)29-22(16-6-8-17(28)9-7-16)21(24(31)26(29)32)23(30)19-12-15(2)13-20(27)25(19)33-3/h4-13,22,30H,1-3H3/b23-21+. The Morgan fingerprint density at radius 3 is 2.24 bits per heavy atom. The van der Waals surface area contributed by atoms with Crippen molar-refractivity contribution in [2.75, 3.05) is 12.0 Å². The smallest absolute Gasteiger partial charge is 0.300 e. The molecule has 1 unspecified atom stereocenters. The third-order valence-electron chi connectivity index (χ3n) is 5.59. The number of aliphatic hydroxyl groups is 1. The SMILES string of the molecule is COc1c(Cl)cc(C)cc1/C(O)=C1\C(=O)C(=O)N(c2ccc(C)cc2)C1c1ccc(F)cc1. The van der Waals surface area contributed by atoms with Gasteiger partial charge in [0.1, 0.15) is 17.3 Å². The maximum atomic E-state index is 13.7. The second-order valence-electron chi connectivity index (χ2n) is 7.88. The van der Waals surface area contributed by atoms with Crippen LogP contribution in [0.2, 0.25) is 5.02 Å². The molecule has 1 fully saturated rings. The zero-order valence-electron chi connectivity index (χ0n) is 18.2. The number of carbonyl (C=O) groups excluding carboxylic acids is 2. The Balaban J connectivity index is 2.00. The van der Waals surface area contributed by atoms with Crippen LogP contribution in [0.5, 0.6) is 5.75 Å². The van der Waals surface area contributed by atoms with E-state index < -0.39 is 29.3 Å². The van der Waals surface area contributed by atoms with Gasteiger partial charge in [-0.15, -0.1) is 0 Å². The highest BCUT2D eigenvalue weighted by atomic mass is 35.5. The summed E-state index contributed by atoms with van der Waals surface area (Å²) in [4.78, 5) is 27.7. The number of benzene rings is 3. The number of halogens is 2. The first-order valence-electron chi connectivity index (χ1n) is 10.2. The van der Waals surface area contributed by atoms with Crippen LogP contribution in [0.1, 0.15) is 28.3 Å². The van der Waals surface area contributed by atoms with E-state index in [1.54, 1.807) is 31.2 Å². The van der Waals surface area contributed by atoms with E-state index in [4.69, 9.17) is 16.3 Å². The van der Waals surface area contributed by atoms with Gasteiger partial charge >= 0.3 is 0 Å². The minimum Gasteiger partial charge on any atom is -0.507 e. The fourth-order valence-corrected chi connectivity index (χ4v) is 4.37. The van der Waals surface area contributed by atoms with Gasteiger partial charge in [0.25, 0.3) is 11.7 Å². The summed E-state index contributed by atoms with van der Waals surface area (Å²) in [6.45, 7) is 3.69. The molecule has 3 aromatic rings. The summed E-state index contributed by atoms with van der Waals surface area (Å²) in [7, 11) is 1.40. The zero-order chi connectivity index (χ0) is 23.9. The molecule has 7 heteroatoms. The summed E-state index contributed by atoms with van der Waals surface area (Å²) >= 11 is 6.30. The Morgan fingerprint density at radius 2 is 1.64 bits per heavy atom. The number of Topliss-reactive ketones (excluding diaryl/α,β-unsaturated/α-hetero) is 1. The van der Waals surface area contributed by atoms with Gasteiger partial charge in [-0.1, -0.05) is 41.4 Å². The van der Waals surface area contributed by atoms with Crippen LogP contribution in [-0.4, -0.2) is 23.9 Å². The number of ketones is 1. The first-order valence-corrected chi connectivity index (χ1v) is 10.6. The summed E-state index contributed by atoms with van der Waals surface area (Å²) < 4.78 is 19.0. The number of nitrogens with zero attached hydrogens (tertiary/aromatic N) is 1. The Bertz CT molecular complexity index is 1280. The van der Waals surface area contributed by atoms with Gasteiger partial charge < -0.3 is 9.84 Å². The van der Waals surface area contributed by atoms with E-state index in [0.29, 0.717) is 11.3 Å². The van der Waals surface area contributed by atoms with Crippen LogP contribution in [0.25, 0.3) is 5.76 Å². The summed E-state index contributed by atoms with van der Waals surface area (Å²) in [5.41, 5.74) is 2.71. The average molecular weight is 466 g/mol. The van der Waals surface area contributed by atoms with Gasteiger partial charge in [-0.25, -0.2) is 4.39 Å². The quantitative estimate of drug-likeness (QED) is 0.303. The van der Waals surface area contributed by atoms with E-state index in [2.05, 4.69) is 0 Å². The highest BCUT2D eigenvalue weighted by molar-refractivity contribution is 6.51. The first kappa shape index (κ1) is 22.6. The lowest BCUT2D eigenvalue weighted by Crippen LogP contribution is -2.29. The van der Waals surface area contributed by atoms with Crippen molar-refractivity contribution in [2.24, 2.45) is 0 Å². The largest absolute Gasteiger partial charge is 0.507 e. The molecule has 0 bridgehead atoms. The molecule has 1 atom stereocenters. The third-order valence-corrected chi connectivity index (χ3v) is 5.87. The van der Waals surface area contributed by atoms with E-state index in [-0.39, 0.29) is 21.9 Å². The normalized spacial score (nSPS) is 17.5. The third kappa shape index (κ3) is 3.98. The van der Waals surface area contributed by atoms with E-state index in [1.165, 1.54) is 36.3 Å². The van der Waals surface area contributed by atoms with Crippen molar-refractivity contribution >= 4 is 34.7 Å². The van der Waals surface area contributed by atoms with Crippen LogP contribution in [0, 0.1) is 19.7 Å². The second-order valence-corrected chi connectivity index (χ2v) is 8.29. The number of rotatable bonds is 4. The van der Waals surface area contributed by atoms with E-state index in [1.807, 2.05) is 19.1 Å². The summed E-state index contributed by atoms with van der Waals surface area (Å²) in [6.07, 6.45) is 0. The molecule has 5 nitrogen and oxygen atoms in total. The van der Waals surface area contributed by atoms with Gasteiger partial charge in [-0.05, 0) is 61.4 Å². The number of amides is 1. The highest BCUT2D eigenvalue weighted by Crippen LogP contribution is 2.44. The molecule has 4 rings (SSSR count). The summed E-state index contributed by atoms with van der Waals surface area (Å²) in [5.74, 6) is -2.36. The number of carbonyl (C=O) groups is 2. The van der Waals surface area contributed by atoms with E-state index in [0.717, 1.165) is 11.1 Å². The molecule has 0 aliphatic carbocycles. The maximum absolute atomic E-state index is 13.7. The molecule has 1 N–H and O–H groups in total. The monoisotopic (exact) mass is 465 g/mol. The summed E-state index contributed by atoms with van der Waals surface area (Å²) in [5, 5.41) is 11.6. The van der Waals surface area contributed by atoms with Gasteiger partial charge in [0.2, 0.25) is 0 Å². The molecule has 3 aromatic carbocycles. The van der Waals surface area contributed by atoms with Gasteiger partial charge in [-0.2, -0.15) is 0 Å². The molecule has 0 radical (unpaired) electrons. The molecule has 1 heterocycles. The van der Waals surface area contributed by atoms with Gasteiger partial charge in [0.05, 0.1) is 29.3 Å². The lowest BCUT2D eigenvalue weighted by atomic mass is 9.94. The zero-order valence-corrected chi connectivity index (χ0v) is 19.0. The van der Waals surface area contributed by atoms with Crippen molar-refractivity contribution in [2.45, 2.75) is 19.9 Å². The molecule has 1 aliphatic heterocycles. The number of methoxy groups -OCH3 is 1. The van der Waals surface area contributed by atoms with Crippen molar-refractivity contribution in [3.63, 3.8) is 0 Å². The molecule has 33 heavy (non-hydrogen) atoms. The van der Waals surface area contributed by atoms with Crippen molar-refractivity contribution in [3.05, 3.63) is 99.3 Å². The molecule has 0 saturated carbocycles. The van der Waals surface area contributed by atoms with Gasteiger partial charge in [0.15, 0.2) is 0 Å². The molecule has 0 aromatic heterocycles. The molecule has 1 amide bonds. The minimum absolute atomic E-state index is 0.132. The Hall–Kier alpha value is -3.64. The Kier molecular flexibility index (Phi) is 5.95. The number of anilines is 1. The Morgan fingerprint density at radius 1 is 1.00 bits per heavy atom. The number of ether oxygens (including phenoxy) is 1. The fourth-order valence-electron chi connectivity index (χ4n) is 4.02. The summed E-state index contributed by atoms with van der Waals surface area (Å²) in [6, 6.07) is 14.9. The first-order chi connectivity index (χ1) is 15.7. The predicted octanol–water partition coefficient (Wildman–Crippen LogP) is 5.73. The Labute approximate surface area is 195 Å². The van der Waals surface area contributed by atoms with Crippen LogP contribution in [0.3, 0.4) is 0 Å². The molecular weight excluding hydrogens is 445 g/mol. The number of aryl methyl sites for hydroxylation is 2. The molecule has 168 valence electrons. The number of hydrogen-bond donors (Lipinski definition) is 1. The molecule has 1 saturated heterocycles. The van der Waals surface area contributed by atoms with E-state index >= 15 is 0 Å². The van der Waals surface area contributed by atoms with Crippen molar-refractivity contribution in [1.29, 1.82) is 0 Å². The van der Waals surface area contributed by atoms with Crippen molar-refractivity contribution in [1.82, 2.24) is 0 Å². The van der Waals surface area contributed by atoms with Crippen LogP contribution in [0.15, 0.2) is 66.2 Å². The van der Waals surface area contributed by atoms with Gasteiger partial charge in [-0.3, -0.25) is 14.5 Å². The fraction of sp³-hybridized carbons (Fsp3) is 0.154. The van der Waals surface area contributed by atoms with E-state index in [9.17, 15) is 19.1 Å². The topological polar surface area (TPSA) is 66.8 Å². The lowest BCUT2D eigenvalue weighted by molar-refractivity contribution is -0.132. The van der Waals surface area contributed by atoms with Crippen LogP contribution in [-0.2, 0) is 9.59 Å². The van der Waals surface area contributed by atoms with Gasteiger partial charge in [0, 0.05) is 5.69 Å². The van der Waals surface area contributed by atoms with Crippen molar-refractivity contribution in [3.8, 4) is 5.75 Å². The maximum Gasteiger partial charge on any atom is 0.300 e. The molecule has 1 aliphatic rings. The second kappa shape index (κ2) is 8.71. The molecular formula is C26H21ClFNO4. The highest BCUT2D eigenvalue weighted by Gasteiger charge is 2.47. The van der Waals surface area contributed by atoms with Crippen molar-refractivity contribution < 1.29 is 23.8 Å².